The minimum absolute atomic E-state index is 0.0948. The minimum Gasteiger partial charge on any atom is -0.506 e. The minimum atomic E-state index is 0.0948. The van der Waals surface area contributed by atoms with Crippen molar-refractivity contribution in [1.29, 1.82) is 0 Å². The first-order valence-corrected chi connectivity index (χ1v) is 4.96. The molecule has 0 amide bonds. The first kappa shape index (κ1) is 9.99. The summed E-state index contributed by atoms with van der Waals surface area (Å²) >= 11 is 6.02. The van der Waals surface area contributed by atoms with Gasteiger partial charge in [0.2, 0.25) is 0 Å². The lowest BCUT2D eigenvalue weighted by Crippen LogP contribution is -1.85. The third-order valence-corrected chi connectivity index (χ3v) is 2.70. The van der Waals surface area contributed by atoms with Crippen molar-refractivity contribution in [2.45, 2.75) is 6.92 Å². The smallest absolute Gasteiger partial charge is 0.134 e. The number of aryl methyl sites for hydroxylation is 1. The molecule has 1 N–H and O–H groups in total. The first-order chi connectivity index (χ1) is 7.20. The average Bonchev–Trinajstić information content (AvgIpc) is 2.23. The van der Waals surface area contributed by atoms with Crippen LogP contribution in [0.25, 0.3) is 11.1 Å². The Kier molecular flexibility index (Phi) is 2.60. The fourth-order valence-corrected chi connectivity index (χ4v) is 1.70. The monoisotopic (exact) mass is 219 g/mol. The first-order valence-electron chi connectivity index (χ1n) is 4.58. The van der Waals surface area contributed by atoms with Gasteiger partial charge in [-0.25, -0.2) is 0 Å². The second kappa shape index (κ2) is 3.91. The van der Waals surface area contributed by atoms with E-state index in [1.807, 2.05) is 19.1 Å². The van der Waals surface area contributed by atoms with E-state index in [2.05, 4.69) is 4.98 Å². The molecule has 3 heteroatoms. The largest absolute Gasteiger partial charge is 0.506 e. The molecule has 1 aromatic heterocycles. The van der Waals surface area contributed by atoms with Gasteiger partial charge in [0, 0.05) is 23.5 Å². The number of aromatic nitrogens is 1. The predicted molar refractivity (Wildman–Crippen MR) is 61.1 cm³/mol. The molecule has 0 fully saturated rings. The van der Waals surface area contributed by atoms with E-state index < -0.39 is 0 Å². The van der Waals surface area contributed by atoms with Crippen LogP contribution in [0.1, 0.15) is 5.56 Å². The van der Waals surface area contributed by atoms with Crippen LogP contribution in [0.4, 0.5) is 0 Å². The topological polar surface area (TPSA) is 33.1 Å². The molecule has 0 aliphatic rings. The van der Waals surface area contributed by atoms with Crippen molar-refractivity contribution in [3.05, 3.63) is 47.2 Å². The summed E-state index contributed by atoms with van der Waals surface area (Å²) in [7, 11) is 0. The second-order valence-corrected chi connectivity index (χ2v) is 3.71. The van der Waals surface area contributed by atoms with Gasteiger partial charge < -0.3 is 5.11 Å². The van der Waals surface area contributed by atoms with Gasteiger partial charge in [0.05, 0.1) is 5.02 Å². The maximum atomic E-state index is 9.50. The van der Waals surface area contributed by atoms with Crippen molar-refractivity contribution in [3.63, 3.8) is 0 Å². The summed E-state index contributed by atoms with van der Waals surface area (Å²) in [6.45, 7) is 1.98. The van der Waals surface area contributed by atoms with E-state index in [1.165, 1.54) is 0 Å². The van der Waals surface area contributed by atoms with E-state index in [-0.39, 0.29) is 5.75 Å². The van der Waals surface area contributed by atoms with Crippen LogP contribution in [-0.2, 0) is 0 Å². The molecule has 0 aliphatic heterocycles. The van der Waals surface area contributed by atoms with Crippen molar-refractivity contribution in [1.82, 2.24) is 4.98 Å². The Bertz CT molecular complexity index is 497. The molecular weight excluding hydrogens is 210 g/mol. The van der Waals surface area contributed by atoms with Crippen LogP contribution >= 0.6 is 11.6 Å². The highest BCUT2D eigenvalue weighted by Crippen LogP contribution is 2.35. The molecule has 1 aromatic carbocycles. The highest BCUT2D eigenvalue weighted by Gasteiger charge is 2.08. The molecule has 0 saturated carbocycles. The molecule has 15 heavy (non-hydrogen) atoms. The summed E-state index contributed by atoms with van der Waals surface area (Å²) in [6.07, 6.45) is 3.48. The van der Waals surface area contributed by atoms with Crippen molar-refractivity contribution in [2.75, 3.05) is 0 Å². The number of phenolic OH excluding ortho intramolecular Hbond substituents is 1. The molecular formula is C12H10ClNO. The standard InChI is InChI=1S/C12H10ClNO/c1-8-5-6-14-7-10(8)9-3-2-4-11(15)12(9)13/h2-7,15H,1H3. The van der Waals surface area contributed by atoms with Gasteiger partial charge in [-0.05, 0) is 24.6 Å². The van der Waals surface area contributed by atoms with Gasteiger partial charge in [-0.15, -0.1) is 0 Å². The molecule has 1 heterocycles. The zero-order valence-corrected chi connectivity index (χ0v) is 8.99. The van der Waals surface area contributed by atoms with Crippen LogP contribution < -0.4 is 0 Å². The number of rotatable bonds is 1. The summed E-state index contributed by atoms with van der Waals surface area (Å²) in [5.41, 5.74) is 2.83. The Hall–Kier alpha value is -1.54. The van der Waals surface area contributed by atoms with Gasteiger partial charge in [-0.2, -0.15) is 0 Å². The van der Waals surface area contributed by atoms with E-state index in [0.717, 1.165) is 16.7 Å². The zero-order chi connectivity index (χ0) is 10.8. The van der Waals surface area contributed by atoms with Crippen LogP contribution in [0.3, 0.4) is 0 Å². The molecule has 0 bridgehead atoms. The van der Waals surface area contributed by atoms with E-state index >= 15 is 0 Å². The SMILES string of the molecule is Cc1ccncc1-c1cccc(O)c1Cl. The molecule has 76 valence electrons. The lowest BCUT2D eigenvalue weighted by atomic mass is 10.0. The number of nitrogens with zero attached hydrogens (tertiary/aromatic N) is 1. The lowest BCUT2D eigenvalue weighted by Gasteiger charge is -2.07. The maximum Gasteiger partial charge on any atom is 0.134 e. The van der Waals surface area contributed by atoms with Crippen molar-refractivity contribution in [2.24, 2.45) is 0 Å². The zero-order valence-electron chi connectivity index (χ0n) is 8.24. The van der Waals surface area contributed by atoms with E-state index in [9.17, 15) is 5.11 Å². The number of halogens is 1. The molecule has 0 aliphatic carbocycles. The van der Waals surface area contributed by atoms with Crippen LogP contribution in [0.5, 0.6) is 5.75 Å². The number of benzene rings is 1. The predicted octanol–water partition coefficient (Wildman–Crippen LogP) is 3.42. The average molecular weight is 220 g/mol. The molecule has 2 rings (SSSR count). The number of aromatic hydroxyl groups is 1. The van der Waals surface area contributed by atoms with Crippen molar-refractivity contribution in [3.8, 4) is 16.9 Å². The number of phenols is 1. The van der Waals surface area contributed by atoms with Crippen molar-refractivity contribution < 1.29 is 5.11 Å². The number of pyridine rings is 1. The summed E-state index contributed by atoms with van der Waals surface area (Å²) in [4.78, 5) is 4.05. The Morgan fingerprint density at radius 2 is 2.00 bits per heavy atom. The fraction of sp³-hybridized carbons (Fsp3) is 0.0833. The molecule has 0 atom stereocenters. The van der Waals surface area contributed by atoms with Crippen LogP contribution in [0.2, 0.25) is 5.02 Å². The quantitative estimate of drug-likeness (QED) is 0.797. The van der Waals surface area contributed by atoms with Crippen molar-refractivity contribution >= 4 is 11.6 Å². The normalized spacial score (nSPS) is 10.3. The van der Waals surface area contributed by atoms with Gasteiger partial charge >= 0.3 is 0 Å². The van der Waals surface area contributed by atoms with E-state index in [4.69, 9.17) is 11.6 Å². The molecule has 0 unspecified atom stereocenters. The molecule has 2 nitrogen and oxygen atoms in total. The third-order valence-electron chi connectivity index (χ3n) is 2.31. The Morgan fingerprint density at radius 1 is 1.20 bits per heavy atom. The molecule has 0 radical (unpaired) electrons. The molecule has 0 spiro atoms. The van der Waals surface area contributed by atoms with E-state index in [0.29, 0.717) is 5.02 Å². The van der Waals surface area contributed by atoms with Crippen LogP contribution in [0.15, 0.2) is 36.7 Å². The number of hydrogen-bond acceptors (Lipinski definition) is 2. The Morgan fingerprint density at radius 3 is 2.73 bits per heavy atom. The van der Waals surface area contributed by atoms with Gasteiger partial charge in [0.25, 0.3) is 0 Å². The van der Waals surface area contributed by atoms with Gasteiger partial charge in [0.1, 0.15) is 5.75 Å². The molecule has 2 aromatic rings. The maximum absolute atomic E-state index is 9.50. The summed E-state index contributed by atoms with van der Waals surface area (Å²) < 4.78 is 0. The Balaban J connectivity index is 2.65. The second-order valence-electron chi connectivity index (χ2n) is 3.33. The van der Waals surface area contributed by atoms with Gasteiger partial charge in [-0.1, -0.05) is 23.7 Å². The fourth-order valence-electron chi connectivity index (χ4n) is 1.47. The van der Waals surface area contributed by atoms with Gasteiger partial charge in [-0.3, -0.25) is 4.98 Å². The molecule has 0 saturated heterocycles. The van der Waals surface area contributed by atoms with Crippen LogP contribution in [0, 0.1) is 6.92 Å². The highest BCUT2D eigenvalue weighted by molar-refractivity contribution is 6.34. The Labute approximate surface area is 93.2 Å². The highest BCUT2D eigenvalue weighted by atomic mass is 35.5. The van der Waals surface area contributed by atoms with Gasteiger partial charge in [0.15, 0.2) is 0 Å². The summed E-state index contributed by atoms with van der Waals surface area (Å²) in [5, 5.41) is 9.87. The van der Waals surface area contributed by atoms with Crippen LogP contribution in [-0.4, -0.2) is 10.1 Å². The lowest BCUT2D eigenvalue weighted by molar-refractivity contribution is 0.476. The van der Waals surface area contributed by atoms with E-state index in [1.54, 1.807) is 24.5 Å². The number of hydrogen-bond donors (Lipinski definition) is 1. The summed E-state index contributed by atoms with van der Waals surface area (Å²) in [5.74, 6) is 0.0948. The third kappa shape index (κ3) is 1.81. The summed E-state index contributed by atoms with van der Waals surface area (Å²) in [6, 6.07) is 7.11.